The number of carbonyl (C=O) groups excluding carboxylic acids is 1. The molecule has 0 saturated heterocycles. The van der Waals surface area contributed by atoms with E-state index in [2.05, 4.69) is 5.32 Å². The Labute approximate surface area is 126 Å². The highest BCUT2D eigenvalue weighted by Gasteiger charge is 2.33. The Bertz CT molecular complexity index is 473. The maximum absolute atomic E-state index is 11.9. The average Bonchev–Trinajstić information content (AvgIpc) is 2.94. The monoisotopic (exact) mass is 291 g/mol. The van der Waals surface area contributed by atoms with Gasteiger partial charge in [-0.1, -0.05) is 31.0 Å². The molecule has 0 unspecified atom stereocenters. The van der Waals surface area contributed by atoms with Gasteiger partial charge in [-0.25, -0.2) is 0 Å². The van der Waals surface area contributed by atoms with Gasteiger partial charge in [0.1, 0.15) is 5.75 Å². The summed E-state index contributed by atoms with van der Waals surface area (Å²) < 4.78 is 5.64. The number of amides is 1. The zero-order chi connectivity index (χ0) is 15.3. The molecule has 4 heteroatoms. The van der Waals surface area contributed by atoms with Crippen LogP contribution in [0.2, 0.25) is 0 Å². The third-order valence-electron chi connectivity index (χ3n) is 4.42. The molecule has 0 atom stereocenters. The van der Waals surface area contributed by atoms with Crippen LogP contribution >= 0.6 is 0 Å². The van der Waals surface area contributed by atoms with Gasteiger partial charge in [-0.15, -0.1) is 0 Å². The summed E-state index contributed by atoms with van der Waals surface area (Å²) in [6.07, 6.45) is 4.24. The SMILES string of the molecule is Cc1cccc(C)c1OCC(=O)NCC1(CO)CCCC1. The van der Waals surface area contributed by atoms with Crippen molar-refractivity contribution in [3.8, 4) is 5.75 Å². The molecule has 0 aliphatic heterocycles. The summed E-state index contributed by atoms with van der Waals surface area (Å²) in [5.74, 6) is 0.655. The number of benzene rings is 1. The number of ether oxygens (including phenoxy) is 1. The largest absolute Gasteiger partial charge is 0.483 e. The molecular formula is C17H25NO3. The lowest BCUT2D eigenvalue weighted by atomic mass is 9.87. The fourth-order valence-electron chi connectivity index (χ4n) is 3.02. The highest BCUT2D eigenvalue weighted by molar-refractivity contribution is 5.77. The van der Waals surface area contributed by atoms with E-state index in [1.165, 1.54) is 0 Å². The second kappa shape index (κ2) is 6.94. The van der Waals surface area contributed by atoms with Crippen molar-refractivity contribution >= 4 is 5.91 Å². The molecule has 1 fully saturated rings. The fourth-order valence-corrected chi connectivity index (χ4v) is 3.02. The fraction of sp³-hybridized carbons (Fsp3) is 0.588. The van der Waals surface area contributed by atoms with E-state index in [1.54, 1.807) is 0 Å². The van der Waals surface area contributed by atoms with Crippen LogP contribution in [-0.2, 0) is 4.79 Å². The first-order valence-electron chi connectivity index (χ1n) is 7.63. The van der Waals surface area contributed by atoms with Gasteiger partial charge >= 0.3 is 0 Å². The third kappa shape index (κ3) is 3.97. The van der Waals surface area contributed by atoms with Gasteiger partial charge < -0.3 is 15.2 Å². The summed E-state index contributed by atoms with van der Waals surface area (Å²) in [6.45, 7) is 4.65. The molecule has 0 radical (unpaired) electrons. The minimum Gasteiger partial charge on any atom is -0.483 e. The van der Waals surface area contributed by atoms with Gasteiger partial charge in [0, 0.05) is 12.0 Å². The molecular weight excluding hydrogens is 266 g/mol. The summed E-state index contributed by atoms with van der Waals surface area (Å²) in [5, 5.41) is 12.4. The lowest BCUT2D eigenvalue weighted by molar-refractivity contribution is -0.123. The van der Waals surface area contributed by atoms with Crippen LogP contribution in [-0.4, -0.2) is 30.8 Å². The van der Waals surface area contributed by atoms with Gasteiger partial charge in [-0.2, -0.15) is 0 Å². The molecule has 0 spiro atoms. The van der Waals surface area contributed by atoms with E-state index < -0.39 is 0 Å². The zero-order valence-corrected chi connectivity index (χ0v) is 12.9. The van der Waals surface area contributed by atoms with Gasteiger partial charge in [0.15, 0.2) is 6.61 Å². The Morgan fingerprint density at radius 3 is 2.48 bits per heavy atom. The van der Waals surface area contributed by atoms with E-state index in [-0.39, 0.29) is 24.5 Å². The van der Waals surface area contributed by atoms with Crippen molar-refractivity contribution in [1.82, 2.24) is 5.32 Å². The number of hydrogen-bond donors (Lipinski definition) is 2. The van der Waals surface area contributed by atoms with Gasteiger partial charge in [-0.05, 0) is 37.8 Å². The molecule has 116 valence electrons. The maximum atomic E-state index is 11.9. The zero-order valence-electron chi connectivity index (χ0n) is 12.9. The molecule has 21 heavy (non-hydrogen) atoms. The normalized spacial score (nSPS) is 16.7. The Balaban J connectivity index is 1.82. The molecule has 2 rings (SSSR count). The Hall–Kier alpha value is -1.55. The molecule has 0 heterocycles. The third-order valence-corrected chi connectivity index (χ3v) is 4.42. The van der Waals surface area contributed by atoms with Crippen LogP contribution in [0.15, 0.2) is 18.2 Å². The van der Waals surface area contributed by atoms with E-state index >= 15 is 0 Å². The summed E-state index contributed by atoms with van der Waals surface area (Å²) >= 11 is 0. The number of hydrogen-bond acceptors (Lipinski definition) is 3. The predicted molar refractivity (Wildman–Crippen MR) is 82.4 cm³/mol. The Morgan fingerprint density at radius 2 is 1.90 bits per heavy atom. The number of aliphatic hydroxyl groups is 1. The Kier molecular flexibility index (Phi) is 5.23. The summed E-state index contributed by atoms with van der Waals surface area (Å²) in [6, 6.07) is 5.92. The number of aryl methyl sites for hydroxylation is 2. The van der Waals surface area contributed by atoms with Crippen molar-refractivity contribution in [2.75, 3.05) is 19.8 Å². The van der Waals surface area contributed by atoms with Gasteiger partial charge in [0.2, 0.25) is 0 Å². The van der Waals surface area contributed by atoms with Crippen LogP contribution in [0.3, 0.4) is 0 Å². The number of carbonyl (C=O) groups is 1. The number of rotatable bonds is 6. The first kappa shape index (κ1) is 15.8. The highest BCUT2D eigenvalue weighted by Crippen LogP contribution is 2.36. The molecule has 4 nitrogen and oxygen atoms in total. The number of para-hydroxylation sites is 1. The molecule has 1 aromatic carbocycles. The van der Waals surface area contributed by atoms with Crippen molar-refractivity contribution in [2.24, 2.45) is 5.41 Å². The standard InChI is InChI=1S/C17H25NO3/c1-13-6-5-7-14(2)16(13)21-10-15(20)18-11-17(12-19)8-3-4-9-17/h5-7,19H,3-4,8-12H2,1-2H3,(H,18,20). The first-order valence-corrected chi connectivity index (χ1v) is 7.63. The van der Waals surface area contributed by atoms with Crippen LogP contribution in [0.1, 0.15) is 36.8 Å². The molecule has 2 N–H and O–H groups in total. The lowest BCUT2D eigenvalue weighted by Gasteiger charge is -2.26. The van der Waals surface area contributed by atoms with Crippen LogP contribution < -0.4 is 10.1 Å². The van der Waals surface area contributed by atoms with Crippen molar-refractivity contribution < 1.29 is 14.6 Å². The average molecular weight is 291 g/mol. The smallest absolute Gasteiger partial charge is 0.257 e. The van der Waals surface area contributed by atoms with Crippen LogP contribution in [0.4, 0.5) is 0 Å². The number of nitrogens with one attached hydrogen (secondary N) is 1. The van der Waals surface area contributed by atoms with E-state index in [0.29, 0.717) is 6.54 Å². The van der Waals surface area contributed by atoms with E-state index in [0.717, 1.165) is 42.6 Å². The van der Waals surface area contributed by atoms with Crippen molar-refractivity contribution in [2.45, 2.75) is 39.5 Å². The highest BCUT2D eigenvalue weighted by atomic mass is 16.5. The van der Waals surface area contributed by atoms with Gasteiger partial charge in [0.25, 0.3) is 5.91 Å². The predicted octanol–water partition coefficient (Wildman–Crippen LogP) is 2.35. The van der Waals surface area contributed by atoms with Crippen LogP contribution in [0.25, 0.3) is 0 Å². The molecule has 1 saturated carbocycles. The maximum Gasteiger partial charge on any atom is 0.257 e. The second-order valence-electron chi connectivity index (χ2n) is 6.15. The second-order valence-corrected chi connectivity index (χ2v) is 6.15. The van der Waals surface area contributed by atoms with Crippen molar-refractivity contribution in [3.05, 3.63) is 29.3 Å². The lowest BCUT2D eigenvalue weighted by Crippen LogP contribution is -2.40. The minimum absolute atomic E-state index is 0.0210. The van der Waals surface area contributed by atoms with Gasteiger partial charge in [0.05, 0.1) is 6.61 Å². The first-order chi connectivity index (χ1) is 10.1. The molecule has 1 aromatic rings. The van der Waals surface area contributed by atoms with Crippen molar-refractivity contribution in [1.29, 1.82) is 0 Å². The molecule has 0 bridgehead atoms. The molecule has 1 aliphatic carbocycles. The summed E-state index contributed by atoms with van der Waals surface area (Å²) in [7, 11) is 0. The van der Waals surface area contributed by atoms with E-state index in [9.17, 15) is 9.90 Å². The van der Waals surface area contributed by atoms with E-state index in [1.807, 2.05) is 32.0 Å². The number of aliphatic hydroxyl groups excluding tert-OH is 1. The minimum atomic E-state index is -0.127. The quantitative estimate of drug-likeness (QED) is 0.846. The van der Waals surface area contributed by atoms with E-state index in [4.69, 9.17) is 4.74 Å². The topological polar surface area (TPSA) is 58.6 Å². The van der Waals surface area contributed by atoms with Crippen LogP contribution in [0, 0.1) is 19.3 Å². The molecule has 0 aromatic heterocycles. The Morgan fingerprint density at radius 1 is 1.29 bits per heavy atom. The molecule has 1 aliphatic rings. The van der Waals surface area contributed by atoms with Gasteiger partial charge in [-0.3, -0.25) is 4.79 Å². The van der Waals surface area contributed by atoms with Crippen LogP contribution in [0.5, 0.6) is 5.75 Å². The molecule has 1 amide bonds. The summed E-state index contributed by atoms with van der Waals surface area (Å²) in [5.41, 5.74) is 1.95. The summed E-state index contributed by atoms with van der Waals surface area (Å²) in [4.78, 5) is 11.9. The van der Waals surface area contributed by atoms with Crippen molar-refractivity contribution in [3.63, 3.8) is 0 Å².